The van der Waals surface area contributed by atoms with Crippen molar-refractivity contribution in [3.63, 3.8) is 0 Å². The van der Waals surface area contributed by atoms with Crippen molar-refractivity contribution in [2.45, 2.75) is 57.5 Å². The van der Waals surface area contributed by atoms with E-state index < -0.39 is 0 Å². The quantitative estimate of drug-likeness (QED) is 0.758. The second kappa shape index (κ2) is 8.93. The molecule has 3 heterocycles. The van der Waals surface area contributed by atoms with Gasteiger partial charge in [0.15, 0.2) is 0 Å². The molecular weight excluding hydrogens is 368 g/mol. The predicted octanol–water partition coefficient (Wildman–Crippen LogP) is 1.73. The summed E-state index contributed by atoms with van der Waals surface area (Å²) in [7, 11) is 0. The van der Waals surface area contributed by atoms with Crippen LogP contribution < -0.4 is 5.32 Å². The number of amides is 3. The molecule has 0 bridgehead atoms. The molecule has 1 aromatic heterocycles. The Balaban J connectivity index is 1.20. The number of likely N-dealkylation sites (tertiary alicyclic amines) is 2. The van der Waals surface area contributed by atoms with E-state index in [0.29, 0.717) is 37.9 Å². The smallest absolute Gasteiger partial charge is 0.227 e. The monoisotopic (exact) mass is 398 g/mol. The summed E-state index contributed by atoms with van der Waals surface area (Å²) in [6.07, 6.45) is 7.65. The molecule has 3 aliphatic rings. The minimum Gasteiger partial charge on any atom is -0.353 e. The van der Waals surface area contributed by atoms with Gasteiger partial charge in [-0.25, -0.2) is 0 Å². The first kappa shape index (κ1) is 19.9. The molecule has 2 saturated heterocycles. The van der Waals surface area contributed by atoms with E-state index in [2.05, 4.69) is 10.3 Å². The maximum atomic E-state index is 12.9. The van der Waals surface area contributed by atoms with E-state index in [1.165, 1.54) is 0 Å². The number of aromatic nitrogens is 1. The molecule has 3 amide bonds. The summed E-state index contributed by atoms with van der Waals surface area (Å²) in [4.78, 5) is 45.1. The van der Waals surface area contributed by atoms with Gasteiger partial charge in [-0.3, -0.25) is 19.4 Å². The molecule has 0 aromatic carbocycles. The summed E-state index contributed by atoms with van der Waals surface area (Å²) >= 11 is 0. The van der Waals surface area contributed by atoms with Crippen LogP contribution in [0.5, 0.6) is 0 Å². The summed E-state index contributed by atoms with van der Waals surface area (Å²) in [6, 6.07) is 6.09. The highest BCUT2D eigenvalue weighted by Gasteiger charge is 2.37. The number of piperidine rings is 1. The van der Waals surface area contributed by atoms with Crippen LogP contribution in [0.4, 0.5) is 0 Å². The lowest BCUT2D eigenvalue weighted by molar-refractivity contribution is -0.137. The van der Waals surface area contributed by atoms with Gasteiger partial charge in [0.25, 0.3) is 0 Å². The maximum absolute atomic E-state index is 12.9. The van der Waals surface area contributed by atoms with Gasteiger partial charge >= 0.3 is 0 Å². The zero-order chi connectivity index (χ0) is 20.2. The minimum atomic E-state index is -0.243. The summed E-state index contributed by atoms with van der Waals surface area (Å²) in [5.74, 6) is 0.572. The Labute approximate surface area is 171 Å². The van der Waals surface area contributed by atoms with E-state index in [1.807, 2.05) is 23.1 Å². The fraction of sp³-hybridized carbons (Fsp3) is 0.636. The highest BCUT2D eigenvalue weighted by molar-refractivity contribution is 5.89. The molecule has 1 aliphatic carbocycles. The van der Waals surface area contributed by atoms with Crippen LogP contribution in [0, 0.1) is 11.8 Å². The minimum absolute atomic E-state index is 0.0329. The predicted molar refractivity (Wildman–Crippen MR) is 107 cm³/mol. The molecule has 7 nitrogen and oxygen atoms in total. The van der Waals surface area contributed by atoms with Crippen molar-refractivity contribution in [3.05, 3.63) is 30.1 Å². The molecule has 2 aliphatic heterocycles. The first-order valence-corrected chi connectivity index (χ1v) is 10.8. The van der Waals surface area contributed by atoms with E-state index in [-0.39, 0.29) is 23.6 Å². The molecular formula is C22H30N4O3. The van der Waals surface area contributed by atoms with E-state index in [0.717, 1.165) is 50.9 Å². The van der Waals surface area contributed by atoms with Gasteiger partial charge in [-0.15, -0.1) is 0 Å². The molecule has 29 heavy (non-hydrogen) atoms. The van der Waals surface area contributed by atoms with Gasteiger partial charge in [0.1, 0.15) is 0 Å². The average molecular weight is 399 g/mol. The molecule has 7 heteroatoms. The topological polar surface area (TPSA) is 82.6 Å². The number of hydrogen-bond acceptors (Lipinski definition) is 4. The number of carbonyl (C=O) groups excluding carboxylic acids is 3. The van der Waals surface area contributed by atoms with Crippen molar-refractivity contribution >= 4 is 17.7 Å². The van der Waals surface area contributed by atoms with Crippen LogP contribution in [0.3, 0.4) is 0 Å². The molecule has 1 atom stereocenters. The standard InChI is InChI=1S/C22H30N4O3/c27-20(24-18-5-6-18)7-4-16-8-11-25(12-9-16)22(29)17-13-21(28)26(14-17)15-19-3-1-2-10-23-19/h1-3,10,16-18H,4-9,11-15H2,(H,24,27). The van der Waals surface area contributed by atoms with Crippen molar-refractivity contribution in [2.24, 2.45) is 11.8 Å². The number of carbonyl (C=O) groups is 3. The highest BCUT2D eigenvalue weighted by Crippen LogP contribution is 2.27. The van der Waals surface area contributed by atoms with Crippen LogP contribution in [0.25, 0.3) is 0 Å². The van der Waals surface area contributed by atoms with Gasteiger partial charge in [-0.05, 0) is 50.2 Å². The molecule has 0 radical (unpaired) electrons. The van der Waals surface area contributed by atoms with Crippen molar-refractivity contribution < 1.29 is 14.4 Å². The summed E-state index contributed by atoms with van der Waals surface area (Å²) in [5.41, 5.74) is 0.848. The Morgan fingerprint density at radius 1 is 1.14 bits per heavy atom. The third kappa shape index (κ3) is 5.34. The Morgan fingerprint density at radius 3 is 2.62 bits per heavy atom. The van der Waals surface area contributed by atoms with Gasteiger partial charge in [0.05, 0.1) is 18.2 Å². The van der Waals surface area contributed by atoms with Gasteiger partial charge in [-0.1, -0.05) is 6.07 Å². The lowest BCUT2D eigenvalue weighted by Gasteiger charge is -2.33. The van der Waals surface area contributed by atoms with Crippen molar-refractivity contribution in [2.75, 3.05) is 19.6 Å². The van der Waals surface area contributed by atoms with Crippen LogP contribution in [0.15, 0.2) is 24.4 Å². The molecule has 1 saturated carbocycles. The van der Waals surface area contributed by atoms with E-state index in [1.54, 1.807) is 11.1 Å². The zero-order valence-electron chi connectivity index (χ0n) is 16.9. The Bertz CT molecular complexity index is 742. The third-order valence-corrected chi connectivity index (χ3v) is 6.29. The Hall–Kier alpha value is -2.44. The third-order valence-electron chi connectivity index (χ3n) is 6.29. The molecule has 1 N–H and O–H groups in total. The van der Waals surface area contributed by atoms with Crippen LogP contribution in [0.1, 0.15) is 50.6 Å². The normalized spacial score (nSPS) is 22.8. The van der Waals surface area contributed by atoms with E-state index >= 15 is 0 Å². The average Bonchev–Trinajstić information content (AvgIpc) is 3.48. The van der Waals surface area contributed by atoms with Gasteiger partial charge in [0, 0.05) is 44.7 Å². The van der Waals surface area contributed by atoms with Crippen LogP contribution in [-0.2, 0) is 20.9 Å². The lowest BCUT2D eigenvalue weighted by atomic mass is 9.91. The van der Waals surface area contributed by atoms with E-state index in [4.69, 9.17) is 0 Å². The number of nitrogens with zero attached hydrogens (tertiary/aromatic N) is 3. The zero-order valence-corrected chi connectivity index (χ0v) is 16.9. The van der Waals surface area contributed by atoms with E-state index in [9.17, 15) is 14.4 Å². The first-order chi connectivity index (χ1) is 14.1. The summed E-state index contributed by atoms with van der Waals surface area (Å²) < 4.78 is 0. The molecule has 3 fully saturated rings. The van der Waals surface area contributed by atoms with Crippen molar-refractivity contribution in [1.82, 2.24) is 20.1 Å². The van der Waals surface area contributed by atoms with Crippen molar-refractivity contribution in [3.8, 4) is 0 Å². The second-order valence-electron chi connectivity index (χ2n) is 8.65. The van der Waals surface area contributed by atoms with Gasteiger partial charge < -0.3 is 15.1 Å². The second-order valence-corrected chi connectivity index (χ2v) is 8.65. The number of hydrogen-bond donors (Lipinski definition) is 1. The first-order valence-electron chi connectivity index (χ1n) is 10.8. The lowest BCUT2D eigenvalue weighted by Crippen LogP contribution is -2.42. The largest absolute Gasteiger partial charge is 0.353 e. The molecule has 1 unspecified atom stereocenters. The molecule has 4 rings (SSSR count). The Kier molecular flexibility index (Phi) is 6.11. The molecule has 1 aromatic rings. The number of pyridine rings is 1. The number of rotatable bonds is 7. The van der Waals surface area contributed by atoms with Crippen molar-refractivity contribution in [1.29, 1.82) is 0 Å². The van der Waals surface area contributed by atoms with Crippen LogP contribution >= 0.6 is 0 Å². The highest BCUT2D eigenvalue weighted by atomic mass is 16.2. The van der Waals surface area contributed by atoms with Gasteiger partial charge in [-0.2, -0.15) is 0 Å². The Morgan fingerprint density at radius 2 is 1.93 bits per heavy atom. The summed E-state index contributed by atoms with van der Waals surface area (Å²) in [5, 5.41) is 3.04. The maximum Gasteiger partial charge on any atom is 0.227 e. The number of nitrogens with one attached hydrogen (secondary N) is 1. The van der Waals surface area contributed by atoms with Crippen LogP contribution in [0.2, 0.25) is 0 Å². The van der Waals surface area contributed by atoms with Crippen LogP contribution in [-0.4, -0.2) is 58.2 Å². The summed E-state index contributed by atoms with van der Waals surface area (Å²) in [6.45, 7) is 2.42. The molecule has 0 spiro atoms. The van der Waals surface area contributed by atoms with Gasteiger partial charge in [0.2, 0.25) is 17.7 Å². The SMILES string of the molecule is O=C(CCC1CCN(C(=O)C2CC(=O)N(Cc3ccccn3)C2)CC1)NC1CC1. The fourth-order valence-electron chi connectivity index (χ4n) is 4.34. The molecule has 156 valence electrons. The fourth-order valence-corrected chi connectivity index (χ4v) is 4.34.